The van der Waals surface area contributed by atoms with Crippen molar-refractivity contribution in [1.82, 2.24) is 14.8 Å². The number of hydrogen-bond acceptors (Lipinski definition) is 5. The molecule has 0 saturated heterocycles. The van der Waals surface area contributed by atoms with E-state index >= 15 is 0 Å². The van der Waals surface area contributed by atoms with E-state index in [1.807, 2.05) is 77.9 Å². The number of furan rings is 1. The van der Waals surface area contributed by atoms with Gasteiger partial charge in [0, 0.05) is 17.9 Å². The predicted octanol–water partition coefficient (Wildman–Crippen LogP) is 4.91. The van der Waals surface area contributed by atoms with Crippen LogP contribution in [0.5, 0.6) is 0 Å². The van der Waals surface area contributed by atoms with Gasteiger partial charge in [-0.1, -0.05) is 48.2 Å². The molecule has 1 atom stereocenters. The zero-order valence-electron chi connectivity index (χ0n) is 17.4. The Balaban J connectivity index is 1.48. The van der Waals surface area contributed by atoms with Gasteiger partial charge in [-0.25, -0.2) is 0 Å². The third-order valence-corrected chi connectivity index (χ3v) is 6.56. The fourth-order valence-electron chi connectivity index (χ4n) is 3.94. The van der Waals surface area contributed by atoms with E-state index in [0.29, 0.717) is 17.5 Å². The minimum absolute atomic E-state index is 0.0820. The van der Waals surface area contributed by atoms with Gasteiger partial charge in [-0.05, 0) is 50.1 Å². The number of nitrogens with zero attached hydrogens (tertiary/aromatic N) is 4. The maximum absolute atomic E-state index is 13.3. The third kappa shape index (κ3) is 3.55. The highest BCUT2D eigenvalue weighted by atomic mass is 32.2. The molecule has 2 aromatic heterocycles. The van der Waals surface area contributed by atoms with Crippen LogP contribution in [0.25, 0.3) is 17.1 Å². The molecule has 0 aliphatic carbocycles. The molecule has 31 heavy (non-hydrogen) atoms. The molecule has 6 nitrogen and oxygen atoms in total. The van der Waals surface area contributed by atoms with Crippen LogP contribution in [0.15, 0.2) is 76.5 Å². The summed E-state index contributed by atoms with van der Waals surface area (Å²) in [6.07, 6.45) is 2.54. The van der Waals surface area contributed by atoms with Crippen LogP contribution in [0.4, 0.5) is 5.69 Å². The van der Waals surface area contributed by atoms with Crippen LogP contribution in [-0.2, 0) is 11.2 Å². The number of aromatic nitrogens is 3. The number of rotatable bonds is 5. The number of fused-ring (bicyclic) bond motifs is 1. The maximum Gasteiger partial charge on any atom is 0.240 e. The fourth-order valence-corrected chi connectivity index (χ4v) is 4.87. The van der Waals surface area contributed by atoms with E-state index in [0.717, 1.165) is 29.1 Å². The normalized spacial score (nSPS) is 13.9. The number of amides is 1. The molecule has 0 radical (unpaired) electrons. The topological polar surface area (TPSA) is 64.2 Å². The first-order chi connectivity index (χ1) is 15.1. The molecule has 3 heterocycles. The van der Waals surface area contributed by atoms with E-state index in [1.54, 1.807) is 6.26 Å². The van der Waals surface area contributed by atoms with Crippen LogP contribution in [0, 0.1) is 6.92 Å². The number of para-hydroxylation sites is 2. The van der Waals surface area contributed by atoms with Crippen molar-refractivity contribution in [1.29, 1.82) is 0 Å². The Morgan fingerprint density at radius 1 is 1.06 bits per heavy atom. The first kappa shape index (κ1) is 19.6. The van der Waals surface area contributed by atoms with E-state index in [1.165, 1.54) is 17.3 Å². The molecule has 5 rings (SSSR count). The Hall–Kier alpha value is -3.32. The quantitative estimate of drug-likeness (QED) is 0.421. The second-order valence-corrected chi connectivity index (χ2v) is 8.80. The number of aryl methyl sites for hydroxylation is 1. The van der Waals surface area contributed by atoms with Crippen LogP contribution in [0.2, 0.25) is 0 Å². The Morgan fingerprint density at radius 3 is 2.61 bits per heavy atom. The van der Waals surface area contributed by atoms with Gasteiger partial charge in [0.2, 0.25) is 5.91 Å². The van der Waals surface area contributed by atoms with Crippen LogP contribution in [0.3, 0.4) is 0 Å². The van der Waals surface area contributed by atoms with Gasteiger partial charge < -0.3 is 9.32 Å². The molecular formula is C24H22N4O2S. The Bertz CT molecular complexity index is 1230. The van der Waals surface area contributed by atoms with Crippen molar-refractivity contribution in [2.75, 3.05) is 11.4 Å². The molecule has 0 fully saturated rings. The van der Waals surface area contributed by atoms with Gasteiger partial charge in [0.15, 0.2) is 11.0 Å². The first-order valence-electron chi connectivity index (χ1n) is 10.2. The monoisotopic (exact) mass is 430 g/mol. The third-order valence-electron chi connectivity index (χ3n) is 5.53. The zero-order chi connectivity index (χ0) is 21.4. The van der Waals surface area contributed by atoms with Gasteiger partial charge in [-0.2, -0.15) is 0 Å². The van der Waals surface area contributed by atoms with Crippen LogP contribution >= 0.6 is 11.8 Å². The summed E-state index contributed by atoms with van der Waals surface area (Å²) in [7, 11) is 0. The number of hydrogen-bond donors (Lipinski definition) is 0. The summed E-state index contributed by atoms with van der Waals surface area (Å²) < 4.78 is 7.48. The highest BCUT2D eigenvalue weighted by Crippen LogP contribution is 2.34. The molecule has 0 N–H and O–H groups in total. The Labute approximate surface area is 184 Å². The van der Waals surface area contributed by atoms with Crippen molar-refractivity contribution < 1.29 is 9.21 Å². The summed E-state index contributed by atoms with van der Waals surface area (Å²) in [5, 5.41) is 9.26. The molecule has 156 valence electrons. The summed E-state index contributed by atoms with van der Waals surface area (Å²) in [6, 6.07) is 19.9. The molecule has 2 aromatic carbocycles. The van der Waals surface area contributed by atoms with Crippen molar-refractivity contribution in [3.63, 3.8) is 0 Å². The molecule has 1 unspecified atom stereocenters. The highest BCUT2D eigenvalue weighted by molar-refractivity contribution is 8.00. The molecular weight excluding hydrogens is 408 g/mol. The lowest BCUT2D eigenvalue weighted by Crippen LogP contribution is -2.35. The molecule has 0 bridgehead atoms. The lowest BCUT2D eigenvalue weighted by Gasteiger charge is -2.21. The van der Waals surface area contributed by atoms with Crippen molar-refractivity contribution in [2.24, 2.45) is 0 Å². The molecule has 0 spiro atoms. The number of benzene rings is 2. The van der Waals surface area contributed by atoms with Crippen molar-refractivity contribution in [2.45, 2.75) is 30.7 Å². The van der Waals surface area contributed by atoms with Crippen LogP contribution in [0.1, 0.15) is 18.2 Å². The molecule has 4 aromatic rings. The van der Waals surface area contributed by atoms with E-state index in [9.17, 15) is 4.79 Å². The van der Waals surface area contributed by atoms with E-state index < -0.39 is 0 Å². The van der Waals surface area contributed by atoms with Gasteiger partial charge >= 0.3 is 0 Å². The smallest absolute Gasteiger partial charge is 0.240 e. The van der Waals surface area contributed by atoms with Crippen molar-refractivity contribution in [3.8, 4) is 17.1 Å². The molecule has 0 saturated carbocycles. The van der Waals surface area contributed by atoms with Crippen molar-refractivity contribution >= 4 is 23.4 Å². The number of carbonyl (C=O) groups excluding carboxylic acids is 1. The van der Waals surface area contributed by atoms with Crippen LogP contribution in [-0.4, -0.2) is 32.5 Å². The van der Waals surface area contributed by atoms with E-state index in [-0.39, 0.29) is 11.2 Å². The number of carbonyl (C=O) groups is 1. The van der Waals surface area contributed by atoms with Crippen LogP contribution < -0.4 is 4.90 Å². The molecule has 1 amide bonds. The lowest BCUT2D eigenvalue weighted by atomic mass is 10.2. The standard InChI is InChI=1S/C24H22N4O2S/c1-16-20(13-15-30-16)22-25-26-24(28(22)19-9-4-3-5-10-19)31-17(2)23(29)27-14-12-18-8-6-7-11-21(18)27/h3-11,13,15,17H,12,14H2,1-2H3. The minimum atomic E-state index is -0.309. The van der Waals surface area contributed by atoms with E-state index in [4.69, 9.17) is 4.42 Å². The largest absolute Gasteiger partial charge is 0.469 e. The van der Waals surface area contributed by atoms with Crippen molar-refractivity contribution in [3.05, 3.63) is 78.3 Å². The molecule has 7 heteroatoms. The zero-order valence-corrected chi connectivity index (χ0v) is 18.2. The SMILES string of the molecule is Cc1occc1-c1nnc(SC(C)C(=O)N2CCc3ccccc32)n1-c1ccccc1. The maximum atomic E-state index is 13.3. The fraction of sp³-hybridized carbons (Fsp3) is 0.208. The Kier molecular flexibility index (Phi) is 5.11. The summed E-state index contributed by atoms with van der Waals surface area (Å²) in [4.78, 5) is 15.2. The molecule has 1 aliphatic rings. The van der Waals surface area contributed by atoms with Gasteiger partial charge in [0.05, 0.1) is 17.1 Å². The molecule has 1 aliphatic heterocycles. The summed E-state index contributed by atoms with van der Waals surface area (Å²) in [5.74, 6) is 1.56. The average molecular weight is 431 g/mol. The predicted molar refractivity (Wildman–Crippen MR) is 122 cm³/mol. The first-order valence-corrected chi connectivity index (χ1v) is 11.1. The Morgan fingerprint density at radius 2 is 1.84 bits per heavy atom. The average Bonchev–Trinajstić information content (AvgIpc) is 3.51. The summed E-state index contributed by atoms with van der Waals surface area (Å²) in [6.45, 7) is 4.55. The number of thioether (sulfide) groups is 1. The van der Waals surface area contributed by atoms with Gasteiger partial charge in [-0.3, -0.25) is 9.36 Å². The lowest BCUT2D eigenvalue weighted by molar-refractivity contribution is -0.117. The van der Waals surface area contributed by atoms with Gasteiger partial charge in [0.25, 0.3) is 0 Å². The highest BCUT2D eigenvalue weighted by Gasteiger charge is 2.30. The summed E-state index contributed by atoms with van der Waals surface area (Å²) in [5.41, 5.74) is 4.06. The minimum Gasteiger partial charge on any atom is -0.469 e. The number of anilines is 1. The van der Waals surface area contributed by atoms with E-state index in [2.05, 4.69) is 16.3 Å². The summed E-state index contributed by atoms with van der Waals surface area (Å²) >= 11 is 1.43. The second-order valence-electron chi connectivity index (χ2n) is 7.50. The van der Waals surface area contributed by atoms with Gasteiger partial charge in [-0.15, -0.1) is 10.2 Å². The second kappa shape index (κ2) is 8.07. The van der Waals surface area contributed by atoms with Gasteiger partial charge in [0.1, 0.15) is 5.76 Å².